The lowest BCUT2D eigenvalue weighted by molar-refractivity contribution is 0.136. The van der Waals surface area contributed by atoms with E-state index < -0.39 is 6.10 Å². The SMILES string of the molecule is COCCCC(O)c1cccc(Br)c1Cl. The highest BCUT2D eigenvalue weighted by molar-refractivity contribution is 9.10. The molecule has 1 N–H and O–H groups in total. The van der Waals surface area contributed by atoms with Crippen molar-refractivity contribution < 1.29 is 9.84 Å². The molecule has 0 saturated heterocycles. The van der Waals surface area contributed by atoms with Crippen LogP contribution < -0.4 is 0 Å². The van der Waals surface area contributed by atoms with E-state index in [1.54, 1.807) is 7.11 Å². The van der Waals surface area contributed by atoms with Crippen molar-refractivity contribution in [2.24, 2.45) is 0 Å². The van der Waals surface area contributed by atoms with Gasteiger partial charge < -0.3 is 9.84 Å². The van der Waals surface area contributed by atoms with E-state index in [0.717, 1.165) is 16.5 Å². The summed E-state index contributed by atoms with van der Waals surface area (Å²) in [6.07, 6.45) is 0.954. The molecule has 0 saturated carbocycles. The molecular formula is C11H14BrClO2. The monoisotopic (exact) mass is 292 g/mol. The van der Waals surface area contributed by atoms with Gasteiger partial charge in [0, 0.05) is 23.8 Å². The Morgan fingerprint density at radius 1 is 1.53 bits per heavy atom. The Balaban J connectivity index is 2.65. The first kappa shape index (κ1) is 13.0. The Labute approximate surface area is 103 Å². The highest BCUT2D eigenvalue weighted by Gasteiger charge is 2.12. The fourth-order valence-electron chi connectivity index (χ4n) is 1.35. The zero-order valence-electron chi connectivity index (χ0n) is 8.54. The number of ether oxygens (including phenoxy) is 1. The van der Waals surface area contributed by atoms with E-state index in [1.807, 2.05) is 18.2 Å². The van der Waals surface area contributed by atoms with Gasteiger partial charge >= 0.3 is 0 Å². The fourth-order valence-corrected chi connectivity index (χ4v) is 1.99. The minimum atomic E-state index is -0.523. The van der Waals surface area contributed by atoms with Crippen LogP contribution in [-0.4, -0.2) is 18.8 Å². The van der Waals surface area contributed by atoms with E-state index in [9.17, 15) is 5.11 Å². The molecule has 0 heterocycles. The van der Waals surface area contributed by atoms with E-state index >= 15 is 0 Å². The lowest BCUT2D eigenvalue weighted by atomic mass is 10.1. The molecule has 0 spiro atoms. The zero-order chi connectivity index (χ0) is 11.3. The third kappa shape index (κ3) is 3.76. The molecule has 1 atom stereocenters. The molecule has 4 heteroatoms. The van der Waals surface area contributed by atoms with Crippen molar-refractivity contribution in [1.29, 1.82) is 0 Å². The minimum absolute atomic E-state index is 0.523. The number of aliphatic hydroxyl groups is 1. The second-order valence-corrected chi connectivity index (χ2v) is 4.53. The van der Waals surface area contributed by atoms with Crippen LogP contribution in [0.3, 0.4) is 0 Å². The molecule has 0 radical (unpaired) electrons. The quantitative estimate of drug-likeness (QED) is 0.841. The van der Waals surface area contributed by atoms with E-state index in [2.05, 4.69) is 15.9 Å². The van der Waals surface area contributed by atoms with Gasteiger partial charge in [0.1, 0.15) is 0 Å². The van der Waals surface area contributed by atoms with Gasteiger partial charge in [-0.15, -0.1) is 0 Å². The molecule has 2 nitrogen and oxygen atoms in total. The smallest absolute Gasteiger partial charge is 0.0805 e. The van der Waals surface area contributed by atoms with Gasteiger partial charge in [-0.05, 0) is 34.8 Å². The molecule has 0 amide bonds. The molecule has 0 bridgehead atoms. The Kier molecular flexibility index (Phi) is 5.61. The van der Waals surface area contributed by atoms with Crippen molar-refractivity contribution in [3.05, 3.63) is 33.3 Å². The highest BCUT2D eigenvalue weighted by atomic mass is 79.9. The first-order valence-electron chi connectivity index (χ1n) is 4.77. The van der Waals surface area contributed by atoms with Crippen LogP contribution in [0, 0.1) is 0 Å². The molecule has 84 valence electrons. The van der Waals surface area contributed by atoms with Gasteiger partial charge in [-0.25, -0.2) is 0 Å². The van der Waals surface area contributed by atoms with Crippen molar-refractivity contribution in [2.75, 3.05) is 13.7 Å². The summed E-state index contributed by atoms with van der Waals surface area (Å²) in [5.74, 6) is 0. The van der Waals surface area contributed by atoms with Crippen LogP contribution in [0.15, 0.2) is 22.7 Å². The Hall–Kier alpha value is -0.0900. The van der Waals surface area contributed by atoms with Crippen LogP contribution in [0.1, 0.15) is 24.5 Å². The first-order chi connectivity index (χ1) is 7.16. The molecule has 0 aromatic heterocycles. The zero-order valence-corrected chi connectivity index (χ0v) is 10.9. The normalized spacial score (nSPS) is 12.8. The summed E-state index contributed by atoms with van der Waals surface area (Å²) in [6.45, 7) is 0.655. The van der Waals surface area contributed by atoms with Crippen molar-refractivity contribution in [3.8, 4) is 0 Å². The van der Waals surface area contributed by atoms with Crippen LogP contribution in [-0.2, 0) is 4.74 Å². The topological polar surface area (TPSA) is 29.5 Å². The molecule has 0 aliphatic carbocycles. The van der Waals surface area contributed by atoms with Gasteiger partial charge in [0.2, 0.25) is 0 Å². The summed E-state index contributed by atoms with van der Waals surface area (Å²) in [7, 11) is 1.65. The van der Waals surface area contributed by atoms with Crippen LogP contribution in [0.5, 0.6) is 0 Å². The third-order valence-electron chi connectivity index (χ3n) is 2.17. The number of hydrogen-bond donors (Lipinski definition) is 1. The summed E-state index contributed by atoms with van der Waals surface area (Å²) in [6, 6.07) is 5.56. The van der Waals surface area contributed by atoms with Crippen LogP contribution in [0.2, 0.25) is 5.02 Å². The summed E-state index contributed by atoms with van der Waals surface area (Å²) in [4.78, 5) is 0. The molecule has 0 fully saturated rings. The molecule has 0 aliphatic heterocycles. The Morgan fingerprint density at radius 2 is 2.27 bits per heavy atom. The standard InChI is InChI=1S/C11H14BrClO2/c1-15-7-3-6-10(14)8-4-2-5-9(12)11(8)13/h2,4-5,10,14H,3,6-7H2,1H3. The number of methoxy groups -OCH3 is 1. The first-order valence-corrected chi connectivity index (χ1v) is 5.94. The third-order valence-corrected chi connectivity index (χ3v) is 3.48. The summed E-state index contributed by atoms with van der Waals surface area (Å²) < 4.78 is 5.74. The van der Waals surface area contributed by atoms with Gasteiger partial charge in [-0.3, -0.25) is 0 Å². The highest BCUT2D eigenvalue weighted by Crippen LogP contribution is 2.31. The Morgan fingerprint density at radius 3 is 2.93 bits per heavy atom. The maximum Gasteiger partial charge on any atom is 0.0805 e. The predicted molar refractivity (Wildman–Crippen MR) is 65.2 cm³/mol. The molecule has 1 aromatic carbocycles. The number of halogens is 2. The largest absolute Gasteiger partial charge is 0.388 e. The van der Waals surface area contributed by atoms with Crippen molar-refractivity contribution >= 4 is 27.5 Å². The van der Waals surface area contributed by atoms with E-state index in [0.29, 0.717) is 18.1 Å². The van der Waals surface area contributed by atoms with E-state index in [1.165, 1.54) is 0 Å². The van der Waals surface area contributed by atoms with Crippen molar-refractivity contribution in [2.45, 2.75) is 18.9 Å². The van der Waals surface area contributed by atoms with Gasteiger partial charge in [0.25, 0.3) is 0 Å². The fraction of sp³-hybridized carbons (Fsp3) is 0.455. The van der Waals surface area contributed by atoms with Gasteiger partial charge in [0.05, 0.1) is 11.1 Å². The molecule has 15 heavy (non-hydrogen) atoms. The average Bonchev–Trinajstić information content (AvgIpc) is 2.22. The summed E-state index contributed by atoms with van der Waals surface area (Å²) in [5.41, 5.74) is 0.766. The maximum atomic E-state index is 9.89. The predicted octanol–water partition coefficient (Wildman–Crippen LogP) is 3.56. The number of aliphatic hydroxyl groups excluding tert-OH is 1. The number of hydrogen-bond acceptors (Lipinski definition) is 2. The van der Waals surface area contributed by atoms with Crippen molar-refractivity contribution in [1.82, 2.24) is 0 Å². The molecule has 1 aromatic rings. The minimum Gasteiger partial charge on any atom is -0.388 e. The summed E-state index contributed by atoms with van der Waals surface area (Å²) in [5, 5.41) is 10.5. The molecule has 1 unspecified atom stereocenters. The van der Waals surface area contributed by atoms with Gasteiger partial charge in [-0.2, -0.15) is 0 Å². The van der Waals surface area contributed by atoms with Crippen LogP contribution >= 0.6 is 27.5 Å². The van der Waals surface area contributed by atoms with Crippen LogP contribution in [0.25, 0.3) is 0 Å². The lowest BCUT2D eigenvalue weighted by Gasteiger charge is -2.13. The Bertz CT molecular complexity index is 317. The molecular weight excluding hydrogens is 279 g/mol. The van der Waals surface area contributed by atoms with E-state index in [-0.39, 0.29) is 0 Å². The second kappa shape index (κ2) is 6.48. The van der Waals surface area contributed by atoms with Crippen LogP contribution in [0.4, 0.5) is 0 Å². The molecule has 1 rings (SSSR count). The maximum absolute atomic E-state index is 9.89. The average molecular weight is 294 g/mol. The number of benzene rings is 1. The molecule has 0 aliphatic rings. The number of rotatable bonds is 5. The summed E-state index contributed by atoms with van der Waals surface area (Å²) >= 11 is 9.39. The lowest BCUT2D eigenvalue weighted by Crippen LogP contribution is -2.00. The second-order valence-electron chi connectivity index (χ2n) is 3.29. The van der Waals surface area contributed by atoms with Gasteiger partial charge in [0.15, 0.2) is 0 Å². The van der Waals surface area contributed by atoms with Gasteiger partial charge in [-0.1, -0.05) is 23.7 Å². The van der Waals surface area contributed by atoms with Crippen molar-refractivity contribution in [3.63, 3.8) is 0 Å². The van der Waals surface area contributed by atoms with E-state index in [4.69, 9.17) is 16.3 Å².